The smallest absolute Gasteiger partial charge is 0.311 e. The molecular formula is C17H16F3N5O. The molecule has 3 rings (SSSR count). The molecule has 0 radical (unpaired) electrons. The monoisotopic (exact) mass is 363 g/mol. The van der Waals surface area contributed by atoms with Gasteiger partial charge >= 0.3 is 6.18 Å². The number of aromatic nitrogens is 5. The summed E-state index contributed by atoms with van der Waals surface area (Å²) in [4.78, 5) is 19.7. The lowest BCUT2D eigenvalue weighted by molar-refractivity contribution is -0.137. The van der Waals surface area contributed by atoms with Crippen LogP contribution in [0.4, 0.5) is 13.2 Å². The summed E-state index contributed by atoms with van der Waals surface area (Å²) in [5.41, 5.74) is 0.980. The Morgan fingerprint density at radius 2 is 1.88 bits per heavy atom. The number of H-pyrrole nitrogens is 1. The molecule has 0 saturated carbocycles. The summed E-state index contributed by atoms with van der Waals surface area (Å²) in [7, 11) is 0. The molecule has 0 fully saturated rings. The Kier molecular flexibility index (Phi) is 4.39. The average Bonchev–Trinajstić information content (AvgIpc) is 3.02. The SMILES string of the molecule is Cc1nc(-c2cnn([C@H](C)c3ccc(C(F)(F)F)cc3C)n2)cc(=O)[nH]1. The first-order valence-electron chi connectivity index (χ1n) is 7.83. The first-order valence-corrected chi connectivity index (χ1v) is 7.83. The zero-order valence-electron chi connectivity index (χ0n) is 14.3. The molecule has 2 aromatic heterocycles. The number of rotatable bonds is 3. The van der Waals surface area contributed by atoms with Crippen LogP contribution in [-0.2, 0) is 6.18 Å². The van der Waals surface area contributed by atoms with E-state index in [2.05, 4.69) is 20.2 Å². The maximum Gasteiger partial charge on any atom is 0.416 e. The second-order valence-corrected chi connectivity index (χ2v) is 6.01. The normalized spacial score (nSPS) is 13.0. The molecule has 6 nitrogen and oxygen atoms in total. The van der Waals surface area contributed by atoms with Gasteiger partial charge in [0.25, 0.3) is 5.56 Å². The van der Waals surface area contributed by atoms with Crippen molar-refractivity contribution in [1.82, 2.24) is 25.0 Å². The highest BCUT2D eigenvalue weighted by Gasteiger charge is 2.31. The molecule has 9 heteroatoms. The van der Waals surface area contributed by atoms with Crippen molar-refractivity contribution < 1.29 is 13.2 Å². The number of nitrogens with one attached hydrogen (secondary N) is 1. The van der Waals surface area contributed by atoms with Crippen LogP contribution in [0.25, 0.3) is 11.4 Å². The second-order valence-electron chi connectivity index (χ2n) is 6.01. The third kappa shape index (κ3) is 3.51. The number of hydrogen-bond acceptors (Lipinski definition) is 4. The summed E-state index contributed by atoms with van der Waals surface area (Å²) < 4.78 is 38.4. The van der Waals surface area contributed by atoms with Crippen LogP contribution >= 0.6 is 0 Å². The lowest BCUT2D eigenvalue weighted by Gasteiger charge is -2.16. The predicted octanol–water partition coefficient (Wildman–Crippen LogP) is 3.27. The molecule has 0 aliphatic rings. The minimum atomic E-state index is -4.38. The Morgan fingerprint density at radius 3 is 2.50 bits per heavy atom. The van der Waals surface area contributed by atoms with Gasteiger partial charge < -0.3 is 4.98 Å². The first kappa shape index (κ1) is 17.8. The number of aromatic amines is 1. The van der Waals surface area contributed by atoms with Crippen molar-refractivity contribution in [3.8, 4) is 11.4 Å². The molecule has 0 amide bonds. The van der Waals surface area contributed by atoms with Crippen molar-refractivity contribution in [1.29, 1.82) is 0 Å². The Morgan fingerprint density at radius 1 is 1.15 bits per heavy atom. The van der Waals surface area contributed by atoms with Gasteiger partial charge in [-0.15, -0.1) is 0 Å². The van der Waals surface area contributed by atoms with Gasteiger partial charge in [0.05, 0.1) is 23.5 Å². The lowest BCUT2D eigenvalue weighted by Crippen LogP contribution is -2.13. The molecule has 1 atom stereocenters. The van der Waals surface area contributed by atoms with E-state index in [0.29, 0.717) is 28.3 Å². The van der Waals surface area contributed by atoms with Crippen molar-refractivity contribution in [3.63, 3.8) is 0 Å². The Bertz CT molecular complexity index is 1010. The molecule has 0 bridgehead atoms. The van der Waals surface area contributed by atoms with Crippen LogP contribution in [-0.4, -0.2) is 25.0 Å². The first-order chi connectivity index (χ1) is 12.1. The van der Waals surface area contributed by atoms with E-state index in [1.807, 2.05) is 0 Å². The van der Waals surface area contributed by atoms with Crippen molar-refractivity contribution >= 4 is 0 Å². The third-order valence-electron chi connectivity index (χ3n) is 4.02. The van der Waals surface area contributed by atoms with E-state index in [4.69, 9.17) is 0 Å². The molecule has 1 aromatic carbocycles. The highest BCUT2D eigenvalue weighted by Crippen LogP contribution is 2.32. The Balaban J connectivity index is 1.93. The summed E-state index contributed by atoms with van der Waals surface area (Å²) >= 11 is 0. The lowest BCUT2D eigenvalue weighted by atomic mass is 10.00. The highest BCUT2D eigenvalue weighted by molar-refractivity contribution is 5.51. The molecular weight excluding hydrogens is 347 g/mol. The minimum Gasteiger partial charge on any atom is -0.311 e. The summed E-state index contributed by atoms with van der Waals surface area (Å²) in [6.45, 7) is 5.06. The predicted molar refractivity (Wildman–Crippen MR) is 88.6 cm³/mol. The summed E-state index contributed by atoms with van der Waals surface area (Å²) in [6.07, 6.45) is -2.91. The van der Waals surface area contributed by atoms with Crippen molar-refractivity contribution in [3.05, 3.63) is 63.3 Å². The van der Waals surface area contributed by atoms with E-state index >= 15 is 0 Å². The highest BCUT2D eigenvalue weighted by atomic mass is 19.4. The number of benzene rings is 1. The fourth-order valence-electron chi connectivity index (χ4n) is 2.74. The van der Waals surface area contributed by atoms with Gasteiger partial charge in [-0.05, 0) is 44.0 Å². The Hall–Kier alpha value is -2.97. The maximum atomic E-state index is 12.8. The quantitative estimate of drug-likeness (QED) is 0.775. The maximum absolute atomic E-state index is 12.8. The topological polar surface area (TPSA) is 76.5 Å². The molecule has 2 heterocycles. The molecule has 0 spiro atoms. The molecule has 0 aliphatic heterocycles. The van der Waals surface area contributed by atoms with Crippen LogP contribution in [0, 0.1) is 13.8 Å². The average molecular weight is 363 g/mol. The van der Waals surface area contributed by atoms with E-state index in [1.165, 1.54) is 23.1 Å². The van der Waals surface area contributed by atoms with Crippen molar-refractivity contribution in [2.75, 3.05) is 0 Å². The van der Waals surface area contributed by atoms with Gasteiger partial charge in [-0.25, -0.2) is 4.98 Å². The molecule has 0 aliphatic carbocycles. The van der Waals surface area contributed by atoms with Gasteiger partial charge in [-0.2, -0.15) is 28.2 Å². The molecule has 136 valence electrons. The fraction of sp³-hybridized carbons (Fsp3) is 0.294. The van der Waals surface area contributed by atoms with Gasteiger partial charge in [-0.3, -0.25) is 4.79 Å². The number of halogens is 3. The van der Waals surface area contributed by atoms with E-state index in [1.54, 1.807) is 20.8 Å². The van der Waals surface area contributed by atoms with Crippen LogP contribution in [0.3, 0.4) is 0 Å². The van der Waals surface area contributed by atoms with Crippen LogP contribution in [0.15, 0.2) is 35.3 Å². The van der Waals surface area contributed by atoms with Crippen molar-refractivity contribution in [2.45, 2.75) is 33.0 Å². The number of nitrogens with zero attached hydrogens (tertiary/aromatic N) is 4. The standard InChI is InChI=1S/C17H16F3N5O/c1-9-6-12(17(18,19)20)4-5-13(9)10(2)25-21-8-15(24-25)14-7-16(26)23-11(3)22-14/h4-8,10H,1-3H3,(H,22,23,26)/t10-/m1/s1. The van der Waals surface area contributed by atoms with Crippen LogP contribution in [0.5, 0.6) is 0 Å². The Labute approximate surface area is 146 Å². The third-order valence-corrected chi connectivity index (χ3v) is 4.02. The van der Waals surface area contributed by atoms with E-state index in [-0.39, 0.29) is 11.6 Å². The van der Waals surface area contributed by atoms with Crippen LogP contribution < -0.4 is 5.56 Å². The van der Waals surface area contributed by atoms with Gasteiger partial charge in [0.1, 0.15) is 11.5 Å². The van der Waals surface area contributed by atoms with Gasteiger partial charge in [0, 0.05) is 6.07 Å². The number of aryl methyl sites for hydroxylation is 2. The second kappa shape index (κ2) is 6.40. The van der Waals surface area contributed by atoms with Crippen molar-refractivity contribution in [2.24, 2.45) is 0 Å². The molecule has 0 saturated heterocycles. The number of alkyl halides is 3. The minimum absolute atomic E-state index is 0.298. The van der Waals surface area contributed by atoms with E-state index in [9.17, 15) is 18.0 Å². The summed E-state index contributed by atoms with van der Waals surface area (Å²) in [5.74, 6) is 0.452. The van der Waals surface area contributed by atoms with E-state index in [0.717, 1.165) is 12.1 Å². The fourth-order valence-corrected chi connectivity index (χ4v) is 2.74. The summed E-state index contributed by atoms with van der Waals surface area (Å²) in [6, 6.07) is 4.52. The number of hydrogen-bond donors (Lipinski definition) is 1. The summed E-state index contributed by atoms with van der Waals surface area (Å²) in [5, 5.41) is 8.49. The van der Waals surface area contributed by atoms with Gasteiger partial charge in [0.15, 0.2) is 0 Å². The molecule has 0 unspecified atom stereocenters. The molecule has 26 heavy (non-hydrogen) atoms. The zero-order valence-corrected chi connectivity index (χ0v) is 14.3. The molecule has 1 N–H and O–H groups in total. The molecule has 3 aromatic rings. The van der Waals surface area contributed by atoms with Gasteiger partial charge in [0.2, 0.25) is 0 Å². The zero-order chi connectivity index (χ0) is 19.1. The van der Waals surface area contributed by atoms with Gasteiger partial charge in [-0.1, -0.05) is 6.07 Å². The van der Waals surface area contributed by atoms with E-state index < -0.39 is 11.7 Å². The van der Waals surface area contributed by atoms with Crippen LogP contribution in [0.2, 0.25) is 0 Å². The van der Waals surface area contributed by atoms with Crippen LogP contribution in [0.1, 0.15) is 35.5 Å². The largest absolute Gasteiger partial charge is 0.416 e.